The summed E-state index contributed by atoms with van der Waals surface area (Å²) in [4.78, 5) is 26.9. The van der Waals surface area contributed by atoms with Gasteiger partial charge in [-0.05, 0) is 17.2 Å². The maximum Gasteiger partial charge on any atom is 0.340 e. The summed E-state index contributed by atoms with van der Waals surface area (Å²) in [6.45, 7) is 0. The number of hydrogen-bond donors (Lipinski definition) is 1. The van der Waals surface area contributed by atoms with Crippen LogP contribution < -0.4 is 0 Å². The fourth-order valence-corrected chi connectivity index (χ4v) is 4.00. The van der Waals surface area contributed by atoms with E-state index in [1.54, 1.807) is 11.0 Å². The third-order valence-electron chi connectivity index (χ3n) is 5.01. The lowest BCUT2D eigenvalue weighted by molar-refractivity contribution is -0.164. The molecule has 0 aliphatic carbocycles. The molecule has 0 radical (unpaired) electrons. The molecule has 2 aromatic rings. The van der Waals surface area contributed by atoms with Crippen LogP contribution in [0.5, 0.6) is 0 Å². The van der Waals surface area contributed by atoms with Crippen LogP contribution in [0.4, 0.5) is 0 Å². The van der Waals surface area contributed by atoms with E-state index in [2.05, 4.69) is 0 Å². The van der Waals surface area contributed by atoms with Crippen LogP contribution in [0.3, 0.4) is 0 Å². The number of benzene rings is 2. The fourth-order valence-electron chi connectivity index (χ4n) is 4.00. The van der Waals surface area contributed by atoms with Crippen molar-refractivity contribution in [2.75, 3.05) is 7.11 Å². The van der Waals surface area contributed by atoms with Crippen LogP contribution in [0.15, 0.2) is 54.6 Å². The van der Waals surface area contributed by atoms with Crippen LogP contribution in [0.2, 0.25) is 0 Å². The van der Waals surface area contributed by atoms with E-state index in [-0.39, 0.29) is 18.4 Å². The van der Waals surface area contributed by atoms with Crippen LogP contribution in [-0.4, -0.2) is 34.6 Å². The molecule has 2 aliphatic rings. The van der Waals surface area contributed by atoms with Crippen molar-refractivity contribution in [3.63, 3.8) is 0 Å². The molecule has 0 saturated carbocycles. The number of carbonyl (C=O) groups is 2. The van der Waals surface area contributed by atoms with E-state index in [9.17, 15) is 14.7 Å². The predicted octanol–water partition coefficient (Wildman–Crippen LogP) is 2.23. The van der Waals surface area contributed by atoms with Gasteiger partial charge < -0.3 is 14.7 Å². The quantitative estimate of drug-likeness (QED) is 0.861. The van der Waals surface area contributed by atoms with E-state index in [1.165, 1.54) is 7.11 Å². The van der Waals surface area contributed by atoms with Gasteiger partial charge in [-0.25, -0.2) is 4.79 Å². The third-order valence-corrected chi connectivity index (χ3v) is 5.01. The minimum atomic E-state index is -1.76. The van der Waals surface area contributed by atoms with Gasteiger partial charge in [0.25, 0.3) is 5.91 Å². The first-order valence-electron chi connectivity index (χ1n) is 7.85. The van der Waals surface area contributed by atoms with Crippen molar-refractivity contribution in [1.82, 2.24) is 4.90 Å². The van der Waals surface area contributed by atoms with Gasteiger partial charge >= 0.3 is 5.97 Å². The van der Waals surface area contributed by atoms with Gasteiger partial charge in [0.2, 0.25) is 0 Å². The molecule has 5 nitrogen and oxygen atoms in total. The number of fused-ring (bicyclic) bond motifs is 3. The first kappa shape index (κ1) is 14.9. The lowest BCUT2D eigenvalue weighted by Crippen LogP contribution is -2.46. The molecule has 0 unspecified atom stereocenters. The Balaban J connectivity index is 1.89. The molecule has 24 heavy (non-hydrogen) atoms. The Kier molecular flexibility index (Phi) is 3.21. The standard InChI is InChI=1S/C19H17NO4/c1-24-18(22)19(23)11-15-13-9-5-6-10-14(13)17(21)20(15)16(19)12-7-3-2-4-8-12/h2-10,15-16,23H,11H2,1H3/t15-,16+,19-/m1/s1. The average molecular weight is 323 g/mol. The van der Waals surface area contributed by atoms with Crippen LogP contribution >= 0.6 is 0 Å². The zero-order chi connectivity index (χ0) is 16.9. The Bertz CT molecular complexity index is 819. The number of ether oxygens (including phenoxy) is 1. The Morgan fingerprint density at radius 2 is 1.83 bits per heavy atom. The van der Waals surface area contributed by atoms with Crippen molar-refractivity contribution in [2.45, 2.75) is 24.1 Å². The summed E-state index contributed by atoms with van der Waals surface area (Å²) < 4.78 is 4.85. The highest BCUT2D eigenvalue weighted by Crippen LogP contribution is 2.54. The fraction of sp³-hybridized carbons (Fsp3) is 0.263. The molecule has 2 heterocycles. The molecule has 3 atom stereocenters. The first-order chi connectivity index (χ1) is 11.6. The Morgan fingerprint density at radius 1 is 1.17 bits per heavy atom. The molecule has 4 rings (SSSR count). The summed E-state index contributed by atoms with van der Waals surface area (Å²) in [6.07, 6.45) is 0.127. The van der Waals surface area contributed by atoms with Gasteiger partial charge in [0.1, 0.15) is 0 Å². The second-order valence-electron chi connectivity index (χ2n) is 6.25. The molecule has 2 aromatic carbocycles. The highest BCUT2D eigenvalue weighted by atomic mass is 16.5. The van der Waals surface area contributed by atoms with E-state index in [1.807, 2.05) is 48.5 Å². The van der Waals surface area contributed by atoms with Crippen LogP contribution in [0.1, 0.15) is 40.0 Å². The Morgan fingerprint density at radius 3 is 2.54 bits per heavy atom. The normalized spacial score (nSPS) is 27.8. The number of methoxy groups -OCH3 is 1. The van der Waals surface area contributed by atoms with Crippen molar-refractivity contribution in [3.05, 3.63) is 71.3 Å². The number of rotatable bonds is 2. The van der Waals surface area contributed by atoms with E-state index < -0.39 is 17.6 Å². The van der Waals surface area contributed by atoms with Gasteiger partial charge in [-0.2, -0.15) is 0 Å². The van der Waals surface area contributed by atoms with E-state index in [0.717, 1.165) is 5.56 Å². The zero-order valence-electron chi connectivity index (χ0n) is 13.2. The number of hydrogen-bond acceptors (Lipinski definition) is 4. The molecule has 122 valence electrons. The van der Waals surface area contributed by atoms with Crippen molar-refractivity contribution in [1.29, 1.82) is 0 Å². The molecule has 1 N–H and O–H groups in total. The van der Waals surface area contributed by atoms with Crippen LogP contribution in [-0.2, 0) is 9.53 Å². The summed E-state index contributed by atoms with van der Waals surface area (Å²) in [5.74, 6) is -0.875. The van der Waals surface area contributed by atoms with Crippen LogP contribution in [0.25, 0.3) is 0 Å². The van der Waals surface area contributed by atoms with Crippen LogP contribution in [0, 0.1) is 0 Å². The van der Waals surface area contributed by atoms with E-state index in [0.29, 0.717) is 11.1 Å². The molecule has 5 heteroatoms. The minimum absolute atomic E-state index is 0.127. The highest BCUT2D eigenvalue weighted by molar-refractivity contribution is 6.01. The lowest BCUT2D eigenvalue weighted by Gasteiger charge is -2.31. The topological polar surface area (TPSA) is 66.8 Å². The molecular formula is C19H17NO4. The number of carbonyl (C=O) groups excluding carboxylic acids is 2. The van der Waals surface area contributed by atoms with Gasteiger partial charge in [-0.15, -0.1) is 0 Å². The second kappa shape index (κ2) is 5.18. The van der Waals surface area contributed by atoms with Crippen molar-refractivity contribution >= 4 is 11.9 Å². The smallest absolute Gasteiger partial charge is 0.340 e. The summed E-state index contributed by atoms with van der Waals surface area (Å²) in [5, 5.41) is 11.2. The molecule has 1 fully saturated rings. The van der Waals surface area contributed by atoms with Gasteiger partial charge in [0.05, 0.1) is 19.2 Å². The number of nitrogens with zero attached hydrogens (tertiary/aromatic N) is 1. The Labute approximate surface area is 139 Å². The zero-order valence-corrected chi connectivity index (χ0v) is 13.2. The van der Waals surface area contributed by atoms with Gasteiger partial charge in [-0.3, -0.25) is 4.79 Å². The summed E-state index contributed by atoms with van der Waals surface area (Å²) >= 11 is 0. The molecule has 2 aliphatic heterocycles. The molecular weight excluding hydrogens is 306 g/mol. The third kappa shape index (κ3) is 1.85. The first-order valence-corrected chi connectivity index (χ1v) is 7.85. The monoisotopic (exact) mass is 323 g/mol. The number of esters is 1. The summed E-state index contributed by atoms with van der Waals surface area (Å²) in [6, 6.07) is 15.4. The van der Waals surface area contributed by atoms with E-state index in [4.69, 9.17) is 4.74 Å². The molecule has 0 spiro atoms. The maximum atomic E-state index is 12.9. The summed E-state index contributed by atoms with van der Waals surface area (Å²) in [5.41, 5.74) is 0.442. The lowest BCUT2D eigenvalue weighted by atomic mass is 9.86. The molecule has 0 bridgehead atoms. The van der Waals surface area contributed by atoms with Gasteiger partial charge in [-0.1, -0.05) is 48.5 Å². The number of aliphatic hydroxyl groups is 1. The van der Waals surface area contributed by atoms with Gasteiger partial charge in [0.15, 0.2) is 5.60 Å². The van der Waals surface area contributed by atoms with Crippen molar-refractivity contribution in [2.24, 2.45) is 0 Å². The maximum absolute atomic E-state index is 12.9. The highest BCUT2D eigenvalue weighted by Gasteiger charge is 2.61. The largest absolute Gasteiger partial charge is 0.467 e. The average Bonchev–Trinajstić information content (AvgIpc) is 3.08. The SMILES string of the molecule is COC(=O)[C@@]1(O)C[C@@H]2c3ccccc3C(=O)N2[C@H]1c1ccccc1. The minimum Gasteiger partial charge on any atom is -0.467 e. The second-order valence-corrected chi connectivity index (χ2v) is 6.25. The molecule has 1 saturated heterocycles. The Hall–Kier alpha value is -2.66. The van der Waals surface area contributed by atoms with Crippen molar-refractivity contribution in [3.8, 4) is 0 Å². The summed E-state index contributed by atoms with van der Waals surface area (Å²) in [7, 11) is 1.25. The number of amides is 1. The predicted molar refractivity (Wildman–Crippen MR) is 86.1 cm³/mol. The van der Waals surface area contributed by atoms with Crippen molar-refractivity contribution < 1.29 is 19.4 Å². The molecule has 1 amide bonds. The van der Waals surface area contributed by atoms with Gasteiger partial charge in [0, 0.05) is 12.0 Å². The van der Waals surface area contributed by atoms with E-state index >= 15 is 0 Å². The molecule has 0 aromatic heterocycles.